The zero-order valence-electron chi connectivity index (χ0n) is 13.5. The predicted molar refractivity (Wildman–Crippen MR) is 89.6 cm³/mol. The number of nitrogens with one attached hydrogen (secondary N) is 1. The van der Waals surface area contributed by atoms with Gasteiger partial charge in [-0.15, -0.1) is 0 Å². The average Bonchev–Trinajstić information content (AvgIpc) is 2.55. The number of halogens is 1. The minimum atomic E-state index is -0.963. The standard InChI is InChI=1S/C19H20FNO3/c1-13-12-17(20)8-7-15(13)10-11-21-18(22)9-4-14-2-5-16(6-3-14)19(23)24/h2-3,5-8,12H,4,9-11H2,1H3,(H,21,22)(H,23,24). The molecule has 0 radical (unpaired) electrons. The first-order chi connectivity index (χ1) is 11.5. The second kappa shape index (κ2) is 8.24. The molecule has 0 heterocycles. The summed E-state index contributed by atoms with van der Waals surface area (Å²) in [5, 5.41) is 11.7. The van der Waals surface area contributed by atoms with Gasteiger partial charge in [0.05, 0.1) is 5.56 Å². The Bertz CT molecular complexity index is 726. The molecule has 0 spiro atoms. The number of benzene rings is 2. The van der Waals surface area contributed by atoms with Crippen molar-refractivity contribution in [2.45, 2.75) is 26.2 Å². The van der Waals surface area contributed by atoms with Gasteiger partial charge in [0.1, 0.15) is 5.82 Å². The van der Waals surface area contributed by atoms with Gasteiger partial charge in [0.25, 0.3) is 0 Å². The van der Waals surface area contributed by atoms with Crippen molar-refractivity contribution in [3.63, 3.8) is 0 Å². The van der Waals surface area contributed by atoms with Crippen molar-refractivity contribution in [2.75, 3.05) is 6.54 Å². The van der Waals surface area contributed by atoms with Crippen LogP contribution < -0.4 is 5.32 Å². The summed E-state index contributed by atoms with van der Waals surface area (Å²) in [7, 11) is 0. The van der Waals surface area contributed by atoms with Crippen LogP contribution in [0.2, 0.25) is 0 Å². The lowest BCUT2D eigenvalue weighted by molar-refractivity contribution is -0.121. The highest BCUT2D eigenvalue weighted by Gasteiger charge is 2.05. The molecular formula is C19H20FNO3. The molecule has 0 aliphatic rings. The Labute approximate surface area is 140 Å². The quantitative estimate of drug-likeness (QED) is 0.820. The van der Waals surface area contributed by atoms with E-state index in [0.29, 0.717) is 25.8 Å². The number of rotatable bonds is 7. The van der Waals surface area contributed by atoms with E-state index in [2.05, 4.69) is 5.32 Å². The fourth-order valence-corrected chi connectivity index (χ4v) is 2.44. The van der Waals surface area contributed by atoms with Crippen LogP contribution in [0.15, 0.2) is 42.5 Å². The average molecular weight is 329 g/mol. The maximum absolute atomic E-state index is 13.0. The number of hydrogen-bond donors (Lipinski definition) is 2. The van der Waals surface area contributed by atoms with Gasteiger partial charge in [-0.2, -0.15) is 0 Å². The van der Waals surface area contributed by atoms with Crippen molar-refractivity contribution < 1.29 is 19.1 Å². The molecule has 24 heavy (non-hydrogen) atoms. The topological polar surface area (TPSA) is 66.4 Å². The minimum Gasteiger partial charge on any atom is -0.478 e. The zero-order valence-corrected chi connectivity index (χ0v) is 13.5. The Kier molecular flexibility index (Phi) is 6.07. The summed E-state index contributed by atoms with van der Waals surface area (Å²) in [6, 6.07) is 11.2. The van der Waals surface area contributed by atoms with Crippen molar-refractivity contribution in [3.8, 4) is 0 Å². The third kappa shape index (κ3) is 5.19. The van der Waals surface area contributed by atoms with E-state index in [1.807, 2.05) is 6.92 Å². The van der Waals surface area contributed by atoms with Gasteiger partial charge in [0.2, 0.25) is 5.91 Å². The van der Waals surface area contributed by atoms with Gasteiger partial charge in [-0.05, 0) is 60.7 Å². The number of carboxylic acids is 1. The fraction of sp³-hybridized carbons (Fsp3) is 0.263. The normalized spacial score (nSPS) is 10.4. The molecular weight excluding hydrogens is 309 g/mol. The highest BCUT2D eigenvalue weighted by Crippen LogP contribution is 2.10. The maximum Gasteiger partial charge on any atom is 0.335 e. The summed E-state index contributed by atoms with van der Waals surface area (Å²) in [4.78, 5) is 22.6. The number of carboxylic acid groups (broad SMARTS) is 1. The van der Waals surface area contributed by atoms with Crippen LogP contribution in [0.4, 0.5) is 4.39 Å². The monoisotopic (exact) mass is 329 g/mol. The van der Waals surface area contributed by atoms with E-state index in [4.69, 9.17) is 5.11 Å². The molecule has 1 amide bonds. The van der Waals surface area contributed by atoms with Gasteiger partial charge in [-0.25, -0.2) is 9.18 Å². The van der Waals surface area contributed by atoms with Gasteiger partial charge in [-0.3, -0.25) is 4.79 Å². The van der Waals surface area contributed by atoms with Crippen LogP contribution in [-0.2, 0) is 17.6 Å². The number of aryl methyl sites for hydroxylation is 2. The molecule has 5 heteroatoms. The third-order valence-corrected chi connectivity index (χ3v) is 3.86. The summed E-state index contributed by atoms with van der Waals surface area (Å²) in [5.41, 5.74) is 3.05. The summed E-state index contributed by atoms with van der Waals surface area (Å²) >= 11 is 0. The van der Waals surface area contributed by atoms with E-state index in [1.54, 1.807) is 18.2 Å². The van der Waals surface area contributed by atoms with E-state index in [9.17, 15) is 14.0 Å². The summed E-state index contributed by atoms with van der Waals surface area (Å²) in [6.45, 7) is 2.35. The van der Waals surface area contributed by atoms with E-state index in [-0.39, 0.29) is 17.3 Å². The smallest absolute Gasteiger partial charge is 0.335 e. The fourth-order valence-electron chi connectivity index (χ4n) is 2.44. The Morgan fingerprint density at radius 3 is 2.42 bits per heavy atom. The van der Waals surface area contributed by atoms with Crippen molar-refractivity contribution in [1.29, 1.82) is 0 Å². The van der Waals surface area contributed by atoms with Crippen LogP contribution in [0.3, 0.4) is 0 Å². The van der Waals surface area contributed by atoms with E-state index >= 15 is 0 Å². The molecule has 0 aliphatic heterocycles. The first-order valence-electron chi connectivity index (χ1n) is 7.79. The van der Waals surface area contributed by atoms with E-state index < -0.39 is 5.97 Å². The first-order valence-corrected chi connectivity index (χ1v) is 7.79. The molecule has 4 nitrogen and oxygen atoms in total. The Morgan fingerprint density at radius 1 is 1.08 bits per heavy atom. The zero-order chi connectivity index (χ0) is 17.5. The molecule has 0 aromatic heterocycles. The summed E-state index contributed by atoms with van der Waals surface area (Å²) < 4.78 is 13.0. The third-order valence-electron chi connectivity index (χ3n) is 3.86. The highest BCUT2D eigenvalue weighted by atomic mass is 19.1. The number of hydrogen-bond acceptors (Lipinski definition) is 2. The van der Waals surface area contributed by atoms with E-state index in [1.165, 1.54) is 24.3 Å². The lowest BCUT2D eigenvalue weighted by Gasteiger charge is -2.08. The second-order valence-electron chi connectivity index (χ2n) is 5.67. The van der Waals surface area contributed by atoms with Crippen molar-refractivity contribution in [3.05, 3.63) is 70.5 Å². The van der Waals surface area contributed by atoms with Crippen LogP contribution in [0, 0.1) is 12.7 Å². The Hall–Kier alpha value is -2.69. The maximum atomic E-state index is 13.0. The van der Waals surface area contributed by atoms with Crippen molar-refractivity contribution in [2.24, 2.45) is 0 Å². The molecule has 0 unspecified atom stereocenters. The van der Waals surface area contributed by atoms with E-state index in [0.717, 1.165) is 16.7 Å². The lowest BCUT2D eigenvalue weighted by Crippen LogP contribution is -2.26. The van der Waals surface area contributed by atoms with Crippen LogP contribution in [0.1, 0.15) is 33.5 Å². The summed E-state index contributed by atoms with van der Waals surface area (Å²) in [5.74, 6) is -1.28. The molecule has 0 fully saturated rings. The number of carbonyl (C=O) groups excluding carboxylic acids is 1. The molecule has 0 atom stereocenters. The van der Waals surface area contributed by atoms with Crippen LogP contribution in [0.25, 0.3) is 0 Å². The van der Waals surface area contributed by atoms with Crippen LogP contribution in [0.5, 0.6) is 0 Å². The Morgan fingerprint density at radius 2 is 1.79 bits per heavy atom. The molecule has 126 valence electrons. The van der Waals surface area contributed by atoms with Crippen molar-refractivity contribution in [1.82, 2.24) is 5.32 Å². The predicted octanol–water partition coefficient (Wildman–Crippen LogP) is 3.12. The molecule has 2 aromatic rings. The summed E-state index contributed by atoms with van der Waals surface area (Å²) in [6.07, 6.45) is 1.56. The van der Waals surface area contributed by atoms with Gasteiger partial charge in [0, 0.05) is 13.0 Å². The van der Waals surface area contributed by atoms with Gasteiger partial charge in [-0.1, -0.05) is 18.2 Å². The van der Waals surface area contributed by atoms with Gasteiger partial charge in [0.15, 0.2) is 0 Å². The minimum absolute atomic E-state index is 0.0583. The lowest BCUT2D eigenvalue weighted by atomic mass is 10.1. The van der Waals surface area contributed by atoms with Crippen molar-refractivity contribution >= 4 is 11.9 Å². The van der Waals surface area contributed by atoms with Gasteiger partial charge < -0.3 is 10.4 Å². The molecule has 0 aliphatic carbocycles. The molecule has 0 saturated heterocycles. The molecule has 2 N–H and O–H groups in total. The molecule has 0 saturated carbocycles. The first kappa shape index (κ1) is 17.7. The number of amides is 1. The molecule has 2 rings (SSSR count). The highest BCUT2D eigenvalue weighted by molar-refractivity contribution is 5.87. The van der Waals surface area contributed by atoms with Crippen LogP contribution in [-0.4, -0.2) is 23.5 Å². The van der Waals surface area contributed by atoms with Crippen LogP contribution >= 0.6 is 0 Å². The molecule has 2 aromatic carbocycles. The second-order valence-corrected chi connectivity index (χ2v) is 5.67. The Balaban J connectivity index is 1.74. The number of carbonyl (C=O) groups is 2. The SMILES string of the molecule is Cc1cc(F)ccc1CCNC(=O)CCc1ccc(C(=O)O)cc1. The number of aromatic carboxylic acids is 1. The van der Waals surface area contributed by atoms with Gasteiger partial charge >= 0.3 is 5.97 Å². The molecule has 0 bridgehead atoms. The largest absolute Gasteiger partial charge is 0.478 e.